The molecule has 1 saturated heterocycles. The van der Waals surface area contributed by atoms with E-state index < -0.39 is 0 Å². The molecule has 1 aliphatic heterocycles. The minimum atomic E-state index is 0.165. The zero-order chi connectivity index (χ0) is 22.7. The number of carbonyl (C=O) groups is 1. The van der Waals surface area contributed by atoms with Gasteiger partial charge in [-0.3, -0.25) is 4.79 Å². The largest absolute Gasteiger partial charge is 0.382 e. The lowest BCUT2D eigenvalue weighted by Gasteiger charge is -2.26. The summed E-state index contributed by atoms with van der Waals surface area (Å²) in [7, 11) is 0. The second-order valence-corrected chi connectivity index (χ2v) is 8.54. The van der Waals surface area contributed by atoms with Gasteiger partial charge in [0.25, 0.3) is 5.91 Å². The quantitative estimate of drug-likeness (QED) is 0.381. The highest BCUT2D eigenvalue weighted by molar-refractivity contribution is 5.94. The molecular weight excluding hydrogens is 408 g/mol. The lowest BCUT2D eigenvalue weighted by molar-refractivity contribution is 0.0724. The first-order valence-electron chi connectivity index (χ1n) is 12.0. The fourth-order valence-electron chi connectivity index (χ4n) is 4.20. The molecule has 0 aliphatic carbocycles. The maximum atomic E-state index is 12.8. The number of rotatable bonds is 10. The van der Waals surface area contributed by atoms with Gasteiger partial charge in [0.05, 0.1) is 11.4 Å². The van der Waals surface area contributed by atoms with E-state index in [9.17, 15) is 4.79 Å². The Kier molecular flexibility index (Phi) is 8.36. The summed E-state index contributed by atoms with van der Waals surface area (Å²) in [6.07, 6.45) is 3.46. The van der Waals surface area contributed by atoms with Gasteiger partial charge in [-0.1, -0.05) is 54.6 Å². The summed E-state index contributed by atoms with van der Waals surface area (Å²) < 4.78 is 0. The third-order valence-electron chi connectivity index (χ3n) is 6.02. The first-order valence-corrected chi connectivity index (χ1v) is 12.0. The minimum absolute atomic E-state index is 0.165. The molecule has 3 N–H and O–H groups in total. The number of nitrogens with one attached hydrogen (secondary N) is 3. The molecule has 0 radical (unpaired) electrons. The van der Waals surface area contributed by atoms with Crippen LogP contribution in [0.15, 0.2) is 78.9 Å². The molecular formula is C28H34N4O. The van der Waals surface area contributed by atoms with Crippen LogP contribution in [0.25, 0.3) is 0 Å². The highest BCUT2D eigenvalue weighted by Crippen LogP contribution is 2.21. The van der Waals surface area contributed by atoms with E-state index in [2.05, 4.69) is 64.5 Å². The Labute approximate surface area is 197 Å². The van der Waals surface area contributed by atoms with Gasteiger partial charge in [0, 0.05) is 44.8 Å². The zero-order valence-electron chi connectivity index (χ0n) is 19.2. The lowest BCUT2D eigenvalue weighted by atomic mass is 10.1. The molecule has 4 rings (SSSR count). The van der Waals surface area contributed by atoms with Crippen LogP contribution in [0.3, 0.4) is 0 Å². The summed E-state index contributed by atoms with van der Waals surface area (Å²) in [4.78, 5) is 14.7. The van der Waals surface area contributed by atoms with E-state index >= 15 is 0 Å². The topological polar surface area (TPSA) is 56.4 Å². The van der Waals surface area contributed by atoms with Gasteiger partial charge in [-0.15, -0.1) is 0 Å². The molecule has 1 fully saturated rings. The van der Waals surface area contributed by atoms with E-state index in [4.69, 9.17) is 0 Å². The number of anilines is 2. The van der Waals surface area contributed by atoms with Crippen molar-refractivity contribution in [2.75, 3.05) is 36.8 Å². The standard InChI is InChI=1S/C28H34N4O/c33-28(32-18-7-2-8-19-32)25-13-9-12-24(20-25)21-29-16-17-30-26-14-5-6-15-27(26)31-22-23-10-3-1-4-11-23/h1,3-6,9-15,20,29-31H,2,7-8,16-19,21-22H2. The number of para-hydroxylation sites is 2. The monoisotopic (exact) mass is 442 g/mol. The number of likely N-dealkylation sites (tertiary alicyclic amines) is 1. The van der Waals surface area contributed by atoms with Crippen LogP contribution in [-0.2, 0) is 13.1 Å². The Morgan fingerprint density at radius 1 is 0.697 bits per heavy atom. The van der Waals surface area contributed by atoms with Gasteiger partial charge in [0.1, 0.15) is 0 Å². The van der Waals surface area contributed by atoms with E-state index in [0.717, 1.165) is 74.6 Å². The fourth-order valence-corrected chi connectivity index (χ4v) is 4.20. The van der Waals surface area contributed by atoms with Crippen LogP contribution in [0, 0.1) is 0 Å². The average molecular weight is 443 g/mol. The van der Waals surface area contributed by atoms with Crippen molar-refractivity contribution in [1.29, 1.82) is 0 Å². The highest BCUT2D eigenvalue weighted by Gasteiger charge is 2.18. The summed E-state index contributed by atoms with van der Waals surface area (Å²) in [5, 5.41) is 10.5. The van der Waals surface area contributed by atoms with Crippen molar-refractivity contribution in [1.82, 2.24) is 10.2 Å². The first kappa shape index (κ1) is 22.9. The number of amides is 1. The number of piperidine rings is 1. The molecule has 3 aromatic rings. The lowest BCUT2D eigenvalue weighted by Crippen LogP contribution is -2.35. The van der Waals surface area contributed by atoms with Gasteiger partial charge in [0.2, 0.25) is 0 Å². The van der Waals surface area contributed by atoms with Gasteiger partial charge in [0.15, 0.2) is 0 Å². The van der Waals surface area contributed by atoms with Crippen LogP contribution in [0.2, 0.25) is 0 Å². The summed E-state index contributed by atoms with van der Waals surface area (Å²) in [5.41, 5.74) is 5.40. The Morgan fingerprint density at radius 2 is 1.39 bits per heavy atom. The predicted molar refractivity (Wildman–Crippen MR) is 137 cm³/mol. The van der Waals surface area contributed by atoms with Gasteiger partial charge >= 0.3 is 0 Å². The number of hydrogen-bond donors (Lipinski definition) is 3. The van der Waals surface area contributed by atoms with Crippen molar-refractivity contribution in [2.24, 2.45) is 0 Å². The van der Waals surface area contributed by atoms with Gasteiger partial charge in [-0.2, -0.15) is 0 Å². The molecule has 5 nitrogen and oxygen atoms in total. The number of carbonyl (C=O) groups excluding carboxylic acids is 1. The zero-order valence-corrected chi connectivity index (χ0v) is 19.2. The van der Waals surface area contributed by atoms with Crippen LogP contribution in [0.1, 0.15) is 40.7 Å². The Morgan fingerprint density at radius 3 is 2.18 bits per heavy atom. The normalized spacial score (nSPS) is 13.5. The van der Waals surface area contributed by atoms with E-state index in [1.165, 1.54) is 12.0 Å². The third-order valence-corrected chi connectivity index (χ3v) is 6.02. The third kappa shape index (κ3) is 6.83. The number of nitrogens with zero attached hydrogens (tertiary/aromatic N) is 1. The molecule has 3 aromatic carbocycles. The molecule has 0 saturated carbocycles. The van der Waals surface area contributed by atoms with Crippen LogP contribution in [0.4, 0.5) is 11.4 Å². The summed E-state index contributed by atoms with van der Waals surface area (Å²) in [5.74, 6) is 0.165. The molecule has 1 heterocycles. The van der Waals surface area contributed by atoms with Crippen LogP contribution >= 0.6 is 0 Å². The van der Waals surface area contributed by atoms with Crippen molar-refractivity contribution < 1.29 is 4.79 Å². The van der Waals surface area contributed by atoms with E-state index in [0.29, 0.717) is 0 Å². The van der Waals surface area contributed by atoms with Gasteiger partial charge in [-0.05, 0) is 54.7 Å². The smallest absolute Gasteiger partial charge is 0.253 e. The molecule has 0 unspecified atom stereocenters. The summed E-state index contributed by atoms with van der Waals surface area (Å²) in [6, 6.07) is 26.7. The second-order valence-electron chi connectivity index (χ2n) is 8.54. The summed E-state index contributed by atoms with van der Waals surface area (Å²) >= 11 is 0. The Balaban J connectivity index is 1.22. The molecule has 0 spiro atoms. The number of benzene rings is 3. The first-order chi connectivity index (χ1) is 16.3. The van der Waals surface area contributed by atoms with Crippen molar-refractivity contribution in [3.8, 4) is 0 Å². The van der Waals surface area contributed by atoms with Crippen molar-refractivity contribution in [3.63, 3.8) is 0 Å². The maximum absolute atomic E-state index is 12.8. The summed E-state index contributed by atoms with van der Waals surface area (Å²) in [6.45, 7) is 4.96. The average Bonchev–Trinajstić information content (AvgIpc) is 2.89. The highest BCUT2D eigenvalue weighted by atomic mass is 16.2. The molecule has 1 aliphatic rings. The van der Waals surface area contributed by atoms with Crippen molar-refractivity contribution in [2.45, 2.75) is 32.4 Å². The molecule has 0 atom stereocenters. The van der Waals surface area contributed by atoms with Crippen molar-refractivity contribution in [3.05, 3.63) is 95.6 Å². The molecule has 1 amide bonds. The minimum Gasteiger partial charge on any atom is -0.382 e. The molecule has 5 heteroatoms. The maximum Gasteiger partial charge on any atom is 0.253 e. The van der Waals surface area contributed by atoms with Crippen LogP contribution in [-0.4, -0.2) is 37.0 Å². The van der Waals surface area contributed by atoms with E-state index in [1.54, 1.807) is 0 Å². The Bertz CT molecular complexity index is 1020. The van der Waals surface area contributed by atoms with E-state index in [-0.39, 0.29) is 5.91 Å². The molecule has 0 aromatic heterocycles. The predicted octanol–water partition coefficient (Wildman–Crippen LogP) is 5.13. The van der Waals surface area contributed by atoms with Crippen molar-refractivity contribution >= 4 is 17.3 Å². The fraction of sp³-hybridized carbons (Fsp3) is 0.321. The van der Waals surface area contributed by atoms with Crippen LogP contribution < -0.4 is 16.0 Å². The van der Waals surface area contributed by atoms with Gasteiger partial charge in [-0.25, -0.2) is 0 Å². The number of hydrogen-bond acceptors (Lipinski definition) is 4. The van der Waals surface area contributed by atoms with Gasteiger partial charge < -0.3 is 20.9 Å². The van der Waals surface area contributed by atoms with E-state index in [1.807, 2.05) is 35.2 Å². The van der Waals surface area contributed by atoms with Crippen LogP contribution in [0.5, 0.6) is 0 Å². The molecule has 0 bridgehead atoms. The Hall–Kier alpha value is -3.31. The SMILES string of the molecule is O=C(c1cccc(CNCCNc2ccccc2NCc2ccccc2)c1)N1CCCCC1. The second kappa shape index (κ2) is 12.1. The molecule has 172 valence electrons. The molecule has 33 heavy (non-hydrogen) atoms.